The Labute approximate surface area is 72.8 Å². The first-order valence-corrected chi connectivity index (χ1v) is 4.45. The maximum absolute atomic E-state index is 3.92. The lowest BCUT2D eigenvalue weighted by Gasteiger charge is -2.29. The third-order valence-corrected chi connectivity index (χ3v) is 2.49. The number of aromatic amines is 1. The van der Waals surface area contributed by atoms with Gasteiger partial charge in [-0.3, -0.25) is 10.00 Å². The predicted molar refractivity (Wildman–Crippen MR) is 46.7 cm³/mol. The third kappa shape index (κ3) is 1.25. The molecule has 12 heavy (non-hydrogen) atoms. The molecule has 0 atom stereocenters. The Balaban J connectivity index is 2.15. The second-order valence-corrected chi connectivity index (χ2v) is 3.61. The molecule has 0 amide bonds. The number of aromatic nitrogens is 2. The van der Waals surface area contributed by atoms with E-state index in [1.807, 2.05) is 0 Å². The molecule has 1 aromatic rings. The minimum Gasteiger partial charge on any atom is -0.295 e. The van der Waals surface area contributed by atoms with Crippen molar-refractivity contribution in [3.63, 3.8) is 0 Å². The Morgan fingerprint density at radius 3 is 3.17 bits per heavy atom. The molecule has 0 saturated carbocycles. The molecule has 0 fully saturated rings. The van der Waals surface area contributed by atoms with Gasteiger partial charge in [0.1, 0.15) is 6.20 Å². The molecule has 2 rings (SSSR count). The normalized spacial score (nSPS) is 18.2. The summed E-state index contributed by atoms with van der Waals surface area (Å²) in [5, 5.41) is 6.92. The highest BCUT2D eigenvalue weighted by atomic mass is 15.2. The van der Waals surface area contributed by atoms with Crippen molar-refractivity contribution in [2.24, 2.45) is 0 Å². The lowest BCUT2D eigenvalue weighted by atomic mass is 10.1. The Morgan fingerprint density at radius 1 is 1.58 bits per heavy atom. The summed E-state index contributed by atoms with van der Waals surface area (Å²) < 4.78 is 0. The van der Waals surface area contributed by atoms with Crippen molar-refractivity contribution in [1.29, 1.82) is 0 Å². The van der Waals surface area contributed by atoms with Crippen molar-refractivity contribution in [3.8, 4) is 0 Å². The molecule has 0 unspecified atom stereocenters. The molecule has 1 radical (unpaired) electrons. The molecule has 0 aliphatic carbocycles. The van der Waals surface area contributed by atoms with Crippen LogP contribution in [0, 0.1) is 6.20 Å². The van der Waals surface area contributed by atoms with E-state index in [-0.39, 0.29) is 0 Å². The molecule has 1 aliphatic heterocycles. The lowest BCUT2D eigenvalue weighted by Crippen LogP contribution is -2.35. The Hall–Kier alpha value is -0.830. The Kier molecular flexibility index (Phi) is 1.89. The first-order chi connectivity index (χ1) is 5.77. The highest BCUT2D eigenvalue weighted by Gasteiger charge is 2.19. The van der Waals surface area contributed by atoms with E-state index in [1.54, 1.807) is 0 Å². The van der Waals surface area contributed by atoms with E-state index in [9.17, 15) is 0 Å². The van der Waals surface area contributed by atoms with Crippen molar-refractivity contribution in [2.75, 3.05) is 6.54 Å². The van der Waals surface area contributed by atoms with E-state index in [1.165, 1.54) is 11.3 Å². The van der Waals surface area contributed by atoms with Crippen LogP contribution in [-0.2, 0) is 13.0 Å². The van der Waals surface area contributed by atoms with Crippen LogP contribution in [0.4, 0.5) is 0 Å². The van der Waals surface area contributed by atoms with Gasteiger partial charge in [0.05, 0.1) is 5.69 Å². The molecular formula is C9H14N3. The van der Waals surface area contributed by atoms with Crippen molar-refractivity contribution in [3.05, 3.63) is 17.5 Å². The van der Waals surface area contributed by atoms with Crippen LogP contribution in [0.5, 0.6) is 0 Å². The molecule has 0 spiro atoms. The summed E-state index contributed by atoms with van der Waals surface area (Å²) in [5.41, 5.74) is 2.52. The van der Waals surface area contributed by atoms with Crippen LogP contribution in [0.2, 0.25) is 0 Å². The van der Waals surface area contributed by atoms with Gasteiger partial charge in [-0.25, -0.2) is 0 Å². The van der Waals surface area contributed by atoms with Crippen LogP contribution in [0.1, 0.15) is 25.1 Å². The fraction of sp³-hybridized carbons (Fsp3) is 0.667. The van der Waals surface area contributed by atoms with Gasteiger partial charge in [0, 0.05) is 24.7 Å². The van der Waals surface area contributed by atoms with Gasteiger partial charge in [0.15, 0.2) is 0 Å². The van der Waals surface area contributed by atoms with Gasteiger partial charge in [0.2, 0.25) is 0 Å². The van der Waals surface area contributed by atoms with Gasteiger partial charge < -0.3 is 0 Å². The fourth-order valence-electron chi connectivity index (χ4n) is 1.61. The van der Waals surface area contributed by atoms with Crippen LogP contribution in [0.15, 0.2) is 0 Å². The summed E-state index contributed by atoms with van der Waals surface area (Å²) in [4.78, 5) is 2.44. The summed E-state index contributed by atoms with van der Waals surface area (Å²) in [5.74, 6) is 0. The minimum atomic E-state index is 0.626. The quantitative estimate of drug-likeness (QED) is 0.671. The molecule has 1 aliphatic rings. The predicted octanol–water partition coefficient (Wildman–Crippen LogP) is 0.976. The average molecular weight is 164 g/mol. The van der Waals surface area contributed by atoms with Gasteiger partial charge in [-0.2, -0.15) is 5.10 Å². The number of hydrogen-bond acceptors (Lipinski definition) is 2. The average Bonchev–Trinajstić information content (AvgIpc) is 2.49. The summed E-state index contributed by atoms with van der Waals surface area (Å²) >= 11 is 0. The zero-order valence-electron chi connectivity index (χ0n) is 7.59. The van der Waals surface area contributed by atoms with E-state index in [0.29, 0.717) is 6.04 Å². The van der Waals surface area contributed by atoms with E-state index < -0.39 is 0 Å². The summed E-state index contributed by atoms with van der Waals surface area (Å²) in [7, 11) is 0. The number of hydrogen-bond donors (Lipinski definition) is 1. The molecule has 1 N–H and O–H groups in total. The zero-order valence-corrected chi connectivity index (χ0v) is 7.59. The standard InChI is InChI=1S/C9H14N3/c1-7(2)12-4-3-8-5-10-11-9(8)6-12/h7H,3-4,6H2,1-2H3,(H,10,11). The molecule has 0 aromatic carbocycles. The third-order valence-electron chi connectivity index (χ3n) is 2.49. The number of nitrogens with zero attached hydrogens (tertiary/aromatic N) is 2. The van der Waals surface area contributed by atoms with Gasteiger partial charge in [-0.05, 0) is 20.3 Å². The number of nitrogens with one attached hydrogen (secondary N) is 1. The van der Waals surface area contributed by atoms with Crippen LogP contribution < -0.4 is 0 Å². The van der Waals surface area contributed by atoms with Crippen LogP contribution in [0.3, 0.4) is 0 Å². The SMILES string of the molecule is CC(C)N1CCc2[c]n[nH]c2C1. The first kappa shape index (κ1) is 7.80. The second-order valence-electron chi connectivity index (χ2n) is 3.61. The monoisotopic (exact) mass is 164 g/mol. The van der Waals surface area contributed by atoms with Crippen LogP contribution >= 0.6 is 0 Å². The molecule has 0 bridgehead atoms. The van der Waals surface area contributed by atoms with Crippen molar-refractivity contribution >= 4 is 0 Å². The largest absolute Gasteiger partial charge is 0.295 e. The maximum atomic E-state index is 3.92. The highest BCUT2D eigenvalue weighted by Crippen LogP contribution is 2.16. The molecule has 1 aromatic heterocycles. The smallest absolute Gasteiger partial charge is 0.116 e. The highest BCUT2D eigenvalue weighted by molar-refractivity contribution is 5.18. The molecular weight excluding hydrogens is 150 g/mol. The van der Waals surface area contributed by atoms with Gasteiger partial charge in [-0.15, -0.1) is 0 Å². The number of rotatable bonds is 1. The van der Waals surface area contributed by atoms with Crippen LogP contribution in [0.25, 0.3) is 0 Å². The maximum Gasteiger partial charge on any atom is 0.116 e. The topological polar surface area (TPSA) is 31.9 Å². The van der Waals surface area contributed by atoms with Gasteiger partial charge >= 0.3 is 0 Å². The van der Waals surface area contributed by atoms with E-state index in [0.717, 1.165) is 19.5 Å². The van der Waals surface area contributed by atoms with Crippen molar-refractivity contribution in [2.45, 2.75) is 32.9 Å². The van der Waals surface area contributed by atoms with Gasteiger partial charge in [-0.1, -0.05) is 0 Å². The fourth-order valence-corrected chi connectivity index (χ4v) is 1.61. The Morgan fingerprint density at radius 2 is 2.42 bits per heavy atom. The summed E-state index contributed by atoms with van der Waals surface area (Å²) in [6.07, 6.45) is 4.07. The summed E-state index contributed by atoms with van der Waals surface area (Å²) in [6, 6.07) is 0.626. The van der Waals surface area contributed by atoms with E-state index in [4.69, 9.17) is 0 Å². The summed E-state index contributed by atoms with van der Waals surface area (Å²) in [6.45, 7) is 6.60. The van der Waals surface area contributed by atoms with E-state index >= 15 is 0 Å². The van der Waals surface area contributed by atoms with Crippen molar-refractivity contribution < 1.29 is 0 Å². The zero-order chi connectivity index (χ0) is 8.55. The lowest BCUT2D eigenvalue weighted by molar-refractivity contribution is 0.201. The molecule has 2 heterocycles. The second kappa shape index (κ2) is 2.90. The van der Waals surface area contributed by atoms with Gasteiger partial charge in [0.25, 0.3) is 0 Å². The van der Waals surface area contributed by atoms with Crippen LogP contribution in [-0.4, -0.2) is 27.7 Å². The molecule has 3 nitrogen and oxygen atoms in total. The van der Waals surface area contributed by atoms with Crippen molar-refractivity contribution in [1.82, 2.24) is 15.1 Å². The first-order valence-electron chi connectivity index (χ1n) is 4.45. The molecule has 0 saturated heterocycles. The number of fused-ring (bicyclic) bond motifs is 1. The minimum absolute atomic E-state index is 0.626. The molecule has 3 heteroatoms. The Bertz CT molecular complexity index is 264. The number of H-pyrrole nitrogens is 1. The molecule has 65 valence electrons. The van der Waals surface area contributed by atoms with E-state index in [2.05, 4.69) is 35.1 Å².